The van der Waals surface area contributed by atoms with Gasteiger partial charge in [0, 0.05) is 12.1 Å². The van der Waals surface area contributed by atoms with Gasteiger partial charge in [0.05, 0.1) is 23.1 Å². The normalized spacial score (nSPS) is 10.6. The Labute approximate surface area is 159 Å². The number of hydrogen-bond donors (Lipinski definition) is 1. The molecule has 0 radical (unpaired) electrons. The third kappa shape index (κ3) is 5.62. The van der Waals surface area contributed by atoms with Crippen molar-refractivity contribution in [2.24, 2.45) is 7.05 Å². The highest BCUT2D eigenvalue weighted by Crippen LogP contribution is 2.26. The number of nitrogens with zero attached hydrogens (tertiary/aromatic N) is 3. The lowest BCUT2D eigenvalue weighted by molar-refractivity contribution is -0.142. The number of anilines is 1. The Balaban J connectivity index is 1.92. The van der Waals surface area contributed by atoms with Crippen molar-refractivity contribution in [3.05, 3.63) is 34.1 Å². The lowest BCUT2D eigenvalue weighted by Crippen LogP contribution is -2.15. The summed E-state index contributed by atoms with van der Waals surface area (Å²) in [7, 11) is 1.72. The van der Waals surface area contributed by atoms with E-state index < -0.39 is 0 Å². The number of thioether (sulfide) groups is 1. The monoisotopic (exact) mass is 402 g/mol. The number of ether oxygens (including phenoxy) is 1. The van der Waals surface area contributed by atoms with Crippen molar-refractivity contribution in [3.63, 3.8) is 0 Å². The van der Waals surface area contributed by atoms with Crippen LogP contribution in [0.15, 0.2) is 23.4 Å². The number of benzene rings is 1. The fourth-order valence-electron chi connectivity index (χ4n) is 1.88. The first kappa shape index (κ1) is 19.6. The number of carbonyl (C=O) groups is 2. The molecule has 0 aliphatic carbocycles. The summed E-state index contributed by atoms with van der Waals surface area (Å²) in [6, 6.07) is 4.82. The minimum Gasteiger partial charge on any atom is -0.466 e. The van der Waals surface area contributed by atoms with Crippen LogP contribution in [0.25, 0.3) is 0 Å². The number of halogens is 2. The van der Waals surface area contributed by atoms with Crippen molar-refractivity contribution in [2.45, 2.75) is 18.5 Å². The van der Waals surface area contributed by atoms with Crippen LogP contribution >= 0.6 is 35.0 Å². The van der Waals surface area contributed by atoms with Crippen LogP contribution in [0, 0.1) is 0 Å². The smallest absolute Gasteiger partial charge is 0.313 e. The van der Waals surface area contributed by atoms with Gasteiger partial charge in [-0.05, 0) is 25.1 Å². The summed E-state index contributed by atoms with van der Waals surface area (Å²) in [6.07, 6.45) is 0.0300. The minimum atomic E-state index is -0.372. The summed E-state index contributed by atoms with van der Waals surface area (Å²) in [5.74, 6) is -0.0555. The molecule has 0 saturated carbocycles. The molecule has 1 aromatic heterocycles. The fraction of sp³-hybridized carbons (Fsp3) is 0.333. The van der Waals surface area contributed by atoms with Gasteiger partial charge in [-0.3, -0.25) is 9.59 Å². The highest BCUT2D eigenvalue weighted by atomic mass is 35.5. The number of amides is 1. The Morgan fingerprint density at radius 3 is 2.80 bits per heavy atom. The van der Waals surface area contributed by atoms with E-state index in [9.17, 15) is 9.59 Å². The zero-order chi connectivity index (χ0) is 18.4. The van der Waals surface area contributed by atoms with Crippen molar-refractivity contribution >= 4 is 52.5 Å². The third-order valence-corrected chi connectivity index (χ3v) is 4.65. The summed E-state index contributed by atoms with van der Waals surface area (Å²) in [5.41, 5.74) is 0.445. The highest BCUT2D eigenvalue weighted by Gasteiger charge is 2.15. The molecule has 1 N–H and O–H groups in total. The van der Waals surface area contributed by atoms with Crippen molar-refractivity contribution in [3.8, 4) is 0 Å². The molecule has 0 fully saturated rings. The van der Waals surface area contributed by atoms with Crippen LogP contribution in [-0.2, 0) is 27.8 Å². The van der Waals surface area contributed by atoms with Crippen molar-refractivity contribution in [1.29, 1.82) is 0 Å². The molecule has 2 aromatic rings. The van der Waals surface area contributed by atoms with Crippen molar-refractivity contribution in [1.82, 2.24) is 14.8 Å². The number of carbonyl (C=O) groups excluding carboxylic acids is 2. The van der Waals surface area contributed by atoms with Gasteiger partial charge in [-0.15, -0.1) is 10.2 Å². The van der Waals surface area contributed by atoms with Gasteiger partial charge >= 0.3 is 5.97 Å². The van der Waals surface area contributed by atoms with Crippen LogP contribution in [-0.4, -0.2) is 39.0 Å². The molecule has 7 nitrogen and oxygen atoms in total. The standard InChI is InChI=1S/C15H16Cl2N4O3S/c1-3-24-14(23)7-12-19-20-15(21(12)2)25-8-13(22)18-11-6-9(16)4-5-10(11)17/h4-6H,3,7-8H2,1-2H3,(H,18,22). The highest BCUT2D eigenvalue weighted by molar-refractivity contribution is 7.99. The van der Waals surface area contributed by atoms with E-state index in [0.29, 0.717) is 33.3 Å². The van der Waals surface area contributed by atoms with E-state index in [4.69, 9.17) is 27.9 Å². The van der Waals surface area contributed by atoms with Gasteiger partial charge < -0.3 is 14.6 Å². The molecule has 0 unspecified atom stereocenters. The summed E-state index contributed by atoms with van der Waals surface area (Å²) >= 11 is 13.1. The fourth-order valence-corrected chi connectivity index (χ4v) is 2.94. The van der Waals surface area contributed by atoms with Gasteiger partial charge in [0.25, 0.3) is 0 Å². The molecule has 1 amide bonds. The maximum absolute atomic E-state index is 12.1. The van der Waals surface area contributed by atoms with Crippen LogP contribution in [0.5, 0.6) is 0 Å². The van der Waals surface area contributed by atoms with Crippen LogP contribution in [0.3, 0.4) is 0 Å². The second-order valence-electron chi connectivity index (χ2n) is 4.90. The summed E-state index contributed by atoms with van der Waals surface area (Å²) < 4.78 is 6.54. The molecule has 0 atom stereocenters. The predicted octanol–water partition coefficient (Wildman–Crippen LogP) is 2.96. The van der Waals surface area contributed by atoms with Crippen LogP contribution < -0.4 is 5.32 Å². The molecular weight excluding hydrogens is 387 g/mol. The van der Waals surface area contributed by atoms with Gasteiger partial charge in [-0.25, -0.2) is 0 Å². The quantitative estimate of drug-likeness (QED) is 0.565. The van der Waals surface area contributed by atoms with Crippen LogP contribution in [0.1, 0.15) is 12.7 Å². The van der Waals surface area contributed by atoms with E-state index in [-0.39, 0.29) is 24.1 Å². The second kappa shape index (κ2) is 9.07. The van der Waals surface area contributed by atoms with E-state index in [1.807, 2.05) is 0 Å². The summed E-state index contributed by atoms with van der Waals surface area (Å²) in [6.45, 7) is 2.05. The molecule has 1 aromatic carbocycles. The minimum absolute atomic E-state index is 0.0300. The molecule has 134 valence electrons. The van der Waals surface area contributed by atoms with Gasteiger partial charge in [0.15, 0.2) is 5.16 Å². The van der Waals surface area contributed by atoms with Gasteiger partial charge in [-0.2, -0.15) is 0 Å². The Bertz CT molecular complexity index is 782. The lowest BCUT2D eigenvalue weighted by atomic mass is 10.3. The Morgan fingerprint density at radius 2 is 2.08 bits per heavy atom. The van der Waals surface area contributed by atoms with Crippen LogP contribution in [0.2, 0.25) is 10.0 Å². The SMILES string of the molecule is CCOC(=O)Cc1nnc(SCC(=O)Nc2cc(Cl)ccc2Cl)n1C. The van der Waals surface area contributed by atoms with Gasteiger partial charge in [-0.1, -0.05) is 35.0 Å². The van der Waals surface area contributed by atoms with Gasteiger partial charge in [0.1, 0.15) is 12.2 Å². The first-order valence-corrected chi connectivity index (χ1v) is 9.06. The van der Waals surface area contributed by atoms with Crippen LogP contribution in [0.4, 0.5) is 5.69 Å². The van der Waals surface area contributed by atoms with E-state index in [2.05, 4.69) is 15.5 Å². The predicted molar refractivity (Wildman–Crippen MR) is 97.2 cm³/mol. The molecule has 25 heavy (non-hydrogen) atoms. The molecule has 10 heteroatoms. The number of hydrogen-bond acceptors (Lipinski definition) is 6. The molecule has 2 rings (SSSR count). The van der Waals surface area contributed by atoms with Gasteiger partial charge in [0.2, 0.25) is 5.91 Å². The molecule has 0 saturated heterocycles. The maximum Gasteiger partial charge on any atom is 0.313 e. The molecule has 0 spiro atoms. The number of rotatable bonds is 7. The average molecular weight is 403 g/mol. The maximum atomic E-state index is 12.1. The first-order valence-electron chi connectivity index (χ1n) is 7.32. The number of esters is 1. The van der Waals surface area contributed by atoms with Crippen molar-refractivity contribution < 1.29 is 14.3 Å². The topological polar surface area (TPSA) is 86.1 Å². The third-order valence-electron chi connectivity index (χ3n) is 3.07. The largest absolute Gasteiger partial charge is 0.466 e. The summed E-state index contributed by atoms with van der Waals surface area (Å²) in [4.78, 5) is 23.6. The van der Waals surface area contributed by atoms with E-state index in [0.717, 1.165) is 0 Å². The average Bonchev–Trinajstić information content (AvgIpc) is 2.89. The second-order valence-corrected chi connectivity index (χ2v) is 6.69. The molecule has 0 aliphatic rings. The Morgan fingerprint density at radius 1 is 1.32 bits per heavy atom. The number of aromatic nitrogens is 3. The zero-order valence-corrected chi connectivity index (χ0v) is 15.9. The lowest BCUT2D eigenvalue weighted by Gasteiger charge is -2.07. The van der Waals surface area contributed by atoms with E-state index >= 15 is 0 Å². The molecule has 1 heterocycles. The molecule has 0 bridgehead atoms. The van der Waals surface area contributed by atoms with E-state index in [1.54, 1.807) is 36.7 Å². The van der Waals surface area contributed by atoms with Crippen molar-refractivity contribution in [2.75, 3.05) is 17.7 Å². The first-order chi connectivity index (χ1) is 11.9. The van der Waals surface area contributed by atoms with E-state index in [1.165, 1.54) is 11.8 Å². The Hall–Kier alpha value is -1.77. The summed E-state index contributed by atoms with van der Waals surface area (Å²) in [5, 5.41) is 12.0. The molecule has 0 aliphatic heterocycles. The Kier molecular flexibility index (Phi) is 7.10. The molecular formula is C15H16Cl2N4O3S. The zero-order valence-electron chi connectivity index (χ0n) is 13.6. The number of nitrogens with one attached hydrogen (secondary N) is 1.